The van der Waals surface area contributed by atoms with Crippen LogP contribution in [0.2, 0.25) is 0 Å². The molecule has 0 amide bonds. The van der Waals surface area contributed by atoms with Crippen LogP contribution >= 0.6 is 15.9 Å². The van der Waals surface area contributed by atoms with Gasteiger partial charge >= 0.3 is 0 Å². The Morgan fingerprint density at radius 3 is 2.44 bits per heavy atom. The monoisotopic (exact) mass is 315 g/mol. The van der Waals surface area contributed by atoms with E-state index >= 15 is 0 Å². The summed E-state index contributed by atoms with van der Waals surface area (Å²) in [6, 6.07) is 0. The molecule has 0 unspecified atom stereocenters. The number of aromatic nitrogens is 2. The fourth-order valence-electron chi connectivity index (χ4n) is 1.73. The van der Waals surface area contributed by atoms with E-state index < -0.39 is 5.60 Å². The average molecular weight is 316 g/mol. The summed E-state index contributed by atoms with van der Waals surface area (Å²) in [5, 5.41) is 0. The van der Waals surface area contributed by atoms with Crippen LogP contribution in [0.3, 0.4) is 0 Å². The van der Waals surface area contributed by atoms with E-state index in [0.29, 0.717) is 24.2 Å². The van der Waals surface area contributed by atoms with Crippen molar-refractivity contribution in [3.8, 4) is 0 Å². The molecule has 0 radical (unpaired) electrons. The van der Waals surface area contributed by atoms with Crippen molar-refractivity contribution in [2.45, 2.75) is 46.6 Å². The average Bonchev–Trinajstić information content (AvgIpc) is 2.23. The first-order valence-electron chi connectivity index (χ1n) is 6.24. The maximum Gasteiger partial charge on any atom is 0.162 e. The number of anilines is 1. The van der Waals surface area contributed by atoms with Crippen molar-refractivity contribution < 1.29 is 4.74 Å². The number of rotatable bonds is 5. The molecule has 2 N–H and O–H groups in total. The molecule has 1 aromatic rings. The van der Waals surface area contributed by atoms with Gasteiger partial charge in [-0.2, -0.15) is 0 Å². The lowest BCUT2D eigenvalue weighted by molar-refractivity contribution is -0.0209. The van der Waals surface area contributed by atoms with Gasteiger partial charge in [0.25, 0.3) is 0 Å². The highest BCUT2D eigenvalue weighted by molar-refractivity contribution is 9.10. The van der Waals surface area contributed by atoms with Crippen LogP contribution in [0.4, 0.5) is 5.82 Å². The fourth-order valence-corrected chi connectivity index (χ4v) is 2.07. The third kappa shape index (κ3) is 3.65. The van der Waals surface area contributed by atoms with Crippen molar-refractivity contribution in [3.63, 3.8) is 0 Å². The summed E-state index contributed by atoms with van der Waals surface area (Å²) in [5.74, 6) is 1.63. The Morgan fingerprint density at radius 1 is 1.33 bits per heavy atom. The zero-order valence-electron chi connectivity index (χ0n) is 11.7. The molecule has 0 aromatic carbocycles. The van der Waals surface area contributed by atoms with Crippen LogP contribution in [0.1, 0.15) is 46.1 Å². The normalized spacial score (nSPS) is 12.2. The number of hydrogen-bond acceptors (Lipinski definition) is 4. The minimum atomic E-state index is -0.519. The summed E-state index contributed by atoms with van der Waals surface area (Å²) in [7, 11) is 0. The number of ether oxygens (including phenoxy) is 1. The smallest absolute Gasteiger partial charge is 0.162 e. The lowest BCUT2D eigenvalue weighted by Gasteiger charge is -2.24. The Balaban J connectivity index is 3.19. The highest BCUT2D eigenvalue weighted by Crippen LogP contribution is 2.28. The molecule has 0 saturated carbocycles. The highest BCUT2D eigenvalue weighted by Gasteiger charge is 2.26. The number of nitrogen functional groups attached to an aromatic ring is 1. The molecular weight excluding hydrogens is 294 g/mol. The molecule has 0 fully saturated rings. The Hall–Kier alpha value is -0.680. The number of nitrogens with two attached hydrogens (primary N) is 1. The summed E-state index contributed by atoms with van der Waals surface area (Å²) in [6.45, 7) is 10.8. The van der Waals surface area contributed by atoms with Crippen LogP contribution in [0, 0.1) is 5.92 Å². The molecule has 0 atom stereocenters. The summed E-state index contributed by atoms with van der Waals surface area (Å²) in [4.78, 5) is 8.93. The quantitative estimate of drug-likeness (QED) is 0.905. The van der Waals surface area contributed by atoms with Gasteiger partial charge in [-0.3, -0.25) is 0 Å². The molecule has 5 heteroatoms. The van der Waals surface area contributed by atoms with Crippen molar-refractivity contribution in [1.82, 2.24) is 9.97 Å². The van der Waals surface area contributed by atoms with E-state index in [1.54, 1.807) is 0 Å². The third-order valence-corrected chi connectivity index (χ3v) is 3.45. The maximum atomic E-state index is 5.94. The Morgan fingerprint density at radius 2 is 1.94 bits per heavy atom. The summed E-state index contributed by atoms with van der Waals surface area (Å²) >= 11 is 3.46. The van der Waals surface area contributed by atoms with Crippen molar-refractivity contribution in [2.75, 3.05) is 12.3 Å². The van der Waals surface area contributed by atoms with Gasteiger partial charge in [0, 0.05) is 6.61 Å². The van der Waals surface area contributed by atoms with Gasteiger partial charge in [-0.25, -0.2) is 9.97 Å². The molecule has 1 rings (SSSR count). The van der Waals surface area contributed by atoms with Gasteiger partial charge in [-0.05, 0) is 49.0 Å². The molecule has 1 aromatic heterocycles. The largest absolute Gasteiger partial charge is 0.383 e. The molecule has 4 nitrogen and oxygen atoms in total. The molecule has 0 aliphatic heterocycles. The second-order valence-electron chi connectivity index (χ2n) is 5.23. The van der Waals surface area contributed by atoms with Gasteiger partial charge in [0.1, 0.15) is 11.4 Å². The van der Waals surface area contributed by atoms with E-state index in [1.807, 2.05) is 20.8 Å². The lowest BCUT2D eigenvalue weighted by atomic mass is 10.1. The zero-order chi connectivity index (χ0) is 13.9. The second-order valence-corrected chi connectivity index (χ2v) is 6.03. The van der Waals surface area contributed by atoms with Gasteiger partial charge in [-0.15, -0.1) is 0 Å². The molecule has 1 heterocycles. The van der Waals surface area contributed by atoms with E-state index in [4.69, 9.17) is 10.5 Å². The molecule has 0 aliphatic rings. The minimum Gasteiger partial charge on any atom is -0.383 e. The predicted octanol–water partition coefficient (Wildman–Crippen LogP) is 3.29. The molecule has 0 bridgehead atoms. The minimum absolute atomic E-state index is 0.475. The molecule has 0 aliphatic carbocycles. The fraction of sp³-hybridized carbons (Fsp3) is 0.692. The number of hydrogen-bond donors (Lipinski definition) is 1. The van der Waals surface area contributed by atoms with E-state index in [1.165, 1.54) is 0 Å². The maximum absolute atomic E-state index is 5.94. The van der Waals surface area contributed by atoms with Crippen LogP contribution in [-0.4, -0.2) is 16.6 Å². The lowest BCUT2D eigenvalue weighted by Crippen LogP contribution is -2.26. The van der Waals surface area contributed by atoms with E-state index in [-0.39, 0.29) is 0 Å². The topological polar surface area (TPSA) is 61.0 Å². The van der Waals surface area contributed by atoms with Gasteiger partial charge in [0.2, 0.25) is 0 Å². The summed E-state index contributed by atoms with van der Waals surface area (Å²) in [6.07, 6.45) is 0.864. The first-order chi connectivity index (χ1) is 8.27. The summed E-state index contributed by atoms with van der Waals surface area (Å²) < 4.78 is 6.47. The van der Waals surface area contributed by atoms with Crippen LogP contribution < -0.4 is 5.73 Å². The Bertz CT molecular complexity index is 419. The van der Waals surface area contributed by atoms with Gasteiger partial charge < -0.3 is 10.5 Å². The summed E-state index contributed by atoms with van der Waals surface area (Å²) in [5.41, 5.74) is 6.36. The van der Waals surface area contributed by atoms with Crippen LogP contribution in [0.15, 0.2) is 4.47 Å². The molecular formula is C13H22BrN3O. The molecule has 0 spiro atoms. The molecule has 0 saturated heterocycles. The second kappa shape index (κ2) is 5.97. The van der Waals surface area contributed by atoms with Gasteiger partial charge in [0.05, 0.1) is 10.2 Å². The predicted molar refractivity (Wildman–Crippen MR) is 77.3 cm³/mol. The van der Waals surface area contributed by atoms with Crippen molar-refractivity contribution in [1.29, 1.82) is 0 Å². The number of halogens is 1. The molecule has 102 valence electrons. The standard InChI is InChI=1S/C13H22BrN3O/c1-6-18-13(4,5)12-16-9(7-8(2)3)10(14)11(15)17-12/h8H,6-7H2,1-5H3,(H2,15,16,17). The van der Waals surface area contributed by atoms with E-state index in [2.05, 4.69) is 39.7 Å². The van der Waals surface area contributed by atoms with Crippen molar-refractivity contribution in [2.24, 2.45) is 5.92 Å². The van der Waals surface area contributed by atoms with Crippen molar-refractivity contribution in [3.05, 3.63) is 16.0 Å². The molecule has 18 heavy (non-hydrogen) atoms. The van der Waals surface area contributed by atoms with Crippen LogP contribution in [0.5, 0.6) is 0 Å². The van der Waals surface area contributed by atoms with Crippen molar-refractivity contribution >= 4 is 21.7 Å². The Labute approximate surface area is 117 Å². The Kier molecular flexibility index (Phi) is 5.10. The first kappa shape index (κ1) is 15.4. The third-order valence-electron chi connectivity index (χ3n) is 2.59. The van der Waals surface area contributed by atoms with Gasteiger partial charge in [0.15, 0.2) is 5.82 Å². The van der Waals surface area contributed by atoms with Crippen LogP contribution in [0.25, 0.3) is 0 Å². The van der Waals surface area contributed by atoms with E-state index in [0.717, 1.165) is 16.6 Å². The van der Waals surface area contributed by atoms with E-state index in [9.17, 15) is 0 Å². The van der Waals surface area contributed by atoms with Crippen LogP contribution in [-0.2, 0) is 16.8 Å². The zero-order valence-corrected chi connectivity index (χ0v) is 13.3. The first-order valence-corrected chi connectivity index (χ1v) is 7.03. The highest BCUT2D eigenvalue weighted by atomic mass is 79.9. The SMILES string of the molecule is CCOC(C)(C)c1nc(N)c(Br)c(CC(C)C)n1. The van der Waals surface area contributed by atoms with Gasteiger partial charge in [-0.1, -0.05) is 13.8 Å². The number of nitrogens with zero attached hydrogens (tertiary/aromatic N) is 2.